The molecule has 0 unspecified atom stereocenters. The lowest BCUT2D eigenvalue weighted by Gasteiger charge is -2.21. The Bertz CT molecular complexity index is 709. The van der Waals surface area contributed by atoms with Crippen LogP contribution in [0.2, 0.25) is 0 Å². The fraction of sp³-hybridized carbons (Fsp3) is 0.533. The first-order valence-corrected chi connectivity index (χ1v) is 7.44. The van der Waals surface area contributed by atoms with Crippen molar-refractivity contribution in [2.75, 3.05) is 26.7 Å². The van der Waals surface area contributed by atoms with Gasteiger partial charge in [0.25, 0.3) is 5.91 Å². The first-order chi connectivity index (χ1) is 10.1. The van der Waals surface area contributed by atoms with Gasteiger partial charge in [-0.3, -0.25) is 4.79 Å². The van der Waals surface area contributed by atoms with Crippen molar-refractivity contribution >= 4 is 11.6 Å². The van der Waals surface area contributed by atoms with Gasteiger partial charge in [-0.05, 0) is 32.9 Å². The molecule has 4 rings (SSSR count). The molecule has 2 aromatic rings. The number of carbonyl (C=O) groups is 1. The van der Waals surface area contributed by atoms with E-state index in [1.807, 2.05) is 17.9 Å². The zero-order valence-corrected chi connectivity index (χ0v) is 12.4. The molecular formula is C15H19N5O. The fourth-order valence-corrected chi connectivity index (χ4v) is 3.71. The number of aryl methyl sites for hydroxylation is 1. The molecule has 6 heteroatoms. The average molecular weight is 285 g/mol. The third kappa shape index (κ3) is 1.86. The summed E-state index contributed by atoms with van der Waals surface area (Å²) in [5, 5.41) is 4.23. The van der Waals surface area contributed by atoms with Gasteiger partial charge in [0.1, 0.15) is 0 Å². The molecule has 2 atom stereocenters. The van der Waals surface area contributed by atoms with Gasteiger partial charge in [-0.1, -0.05) is 0 Å². The molecule has 2 fully saturated rings. The van der Waals surface area contributed by atoms with Gasteiger partial charge in [0.05, 0.1) is 17.5 Å². The number of fused-ring (bicyclic) bond motifs is 2. The molecule has 1 amide bonds. The van der Waals surface area contributed by atoms with Crippen LogP contribution in [-0.4, -0.2) is 63.0 Å². The van der Waals surface area contributed by atoms with Gasteiger partial charge in [0, 0.05) is 31.4 Å². The Morgan fingerprint density at radius 3 is 3.05 bits per heavy atom. The fourth-order valence-electron chi connectivity index (χ4n) is 3.71. The Kier molecular flexibility index (Phi) is 2.75. The summed E-state index contributed by atoms with van der Waals surface area (Å²) in [4.78, 5) is 21.5. The molecule has 0 saturated carbocycles. The molecule has 0 N–H and O–H groups in total. The van der Waals surface area contributed by atoms with Crippen molar-refractivity contribution in [3.05, 3.63) is 29.7 Å². The Balaban J connectivity index is 1.63. The van der Waals surface area contributed by atoms with Gasteiger partial charge in [-0.2, -0.15) is 5.10 Å². The number of rotatable bonds is 1. The molecule has 0 spiro atoms. The summed E-state index contributed by atoms with van der Waals surface area (Å²) in [7, 11) is 2.15. The van der Waals surface area contributed by atoms with Crippen LogP contribution in [0.5, 0.6) is 0 Å². The summed E-state index contributed by atoms with van der Waals surface area (Å²) < 4.78 is 1.73. The molecule has 2 aliphatic rings. The zero-order valence-electron chi connectivity index (χ0n) is 12.4. The van der Waals surface area contributed by atoms with E-state index < -0.39 is 0 Å². The summed E-state index contributed by atoms with van der Waals surface area (Å²) in [6, 6.07) is 2.37. The van der Waals surface area contributed by atoms with Gasteiger partial charge in [0.15, 0.2) is 5.65 Å². The van der Waals surface area contributed by atoms with Gasteiger partial charge in [-0.15, -0.1) is 0 Å². The van der Waals surface area contributed by atoms with Gasteiger partial charge in [0.2, 0.25) is 0 Å². The van der Waals surface area contributed by atoms with Crippen molar-refractivity contribution in [3.8, 4) is 0 Å². The van der Waals surface area contributed by atoms with Crippen LogP contribution in [0.15, 0.2) is 18.5 Å². The van der Waals surface area contributed by atoms with Crippen LogP contribution in [0.3, 0.4) is 0 Å². The number of likely N-dealkylation sites (tertiary alicyclic amines) is 2. The number of hydrogen-bond donors (Lipinski definition) is 0. The second-order valence-corrected chi connectivity index (χ2v) is 6.17. The van der Waals surface area contributed by atoms with Crippen LogP contribution < -0.4 is 0 Å². The van der Waals surface area contributed by atoms with Gasteiger partial charge >= 0.3 is 0 Å². The average Bonchev–Trinajstić information content (AvgIpc) is 3.16. The second kappa shape index (κ2) is 4.53. The Morgan fingerprint density at radius 2 is 2.24 bits per heavy atom. The van der Waals surface area contributed by atoms with Crippen LogP contribution in [0.4, 0.5) is 0 Å². The highest BCUT2D eigenvalue weighted by molar-refractivity contribution is 5.95. The molecular weight excluding hydrogens is 266 g/mol. The lowest BCUT2D eigenvalue weighted by Crippen LogP contribution is -2.35. The molecule has 2 aromatic heterocycles. The van der Waals surface area contributed by atoms with E-state index in [0.29, 0.717) is 17.5 Å². The normalized spacial score (nSPS) is 25.7. The minimum absolute atomic E-state index is 0.0835. The van der Waals surface area contributed by atoms with E-state index in [9.17, 15) is 4.79 Å². The lowest BCUT2D eigenvalue weighted by molar-refractivity contribution is 0.0772. The largest absolute Gasteiger partial charge is 0.337 e. The molecule has 0 aliphatic carbocycles. The first kappa shape index (κ1) is 12.8. The highest BCUT2D eigenvalue weighted by atomic mass is 16.2. The Labute approximate surface area is 123 Å². The number of likely N-dealkylation sites (N-methyl/N-ethyl adjacent to an activating group) is 1. The third-order valence-corrected chi connectivity index (χ3v) is 5.00. The van der Waals surface area contributed by atoms with Crippen molar-refractivity contribution < 1.29 is 4.79 Å². The lowest BCUT2D eigenvalue weighted by atomic mass is 10.1. The van der Waals surface area contributed by atoms with E-state index >= 15 is 0 Å². The number of aromatic nitrogens is 3. The van der Waals surface area contributed by atoms with Crippen molar-refractivity contribution in [1.82, 2.24) is 24.4 Å². The summed E-state index contributed by atoms with van der Waals surface area (Å²) in [5.74, 6) is 0.709. The van der Waals surface area contributed by atoms with Crippen LogP contribution in [0.25, 0.3) is 5.65 Å². The van der Waals surface area contributed by atoms with E-state index in [0.717, 1.165) is 31.0 Å². The Hall–Kier alpha value is -1.95. The van der Waals surface area contributed by atoms with Crippen LogP contribution in [-0.2, 0) is 0 Å². The Morgan fingerprint density at radius 1 is 1.38 bits per heavy atom. The topological polar surface area (TPSA) is 53.7 Å². The van der Waals surface area contributed by atoms with E-state index in [1.54, 1.807) is 16.9 Å². The maximum absolute atomic E-state index is 12.8. The van der Waals surface area contributed by atoms with Crippen LogP contribution in [0, 0.1) is 12.8 Å². The SMILES string of the molecule is Cc1c(C(=O)N2C[C@@H]3CCN(C)[C@@H]3C2)cnc2ccnn12. The standard InChI is InChI=1S/C15H19N5O/c1-10-12(7-16-14-3-5-17-20(10)14)15(21)19-8-11-4-6-18(2)13(11)9-19/h3,5,7,11,13H,4,6,8-9H2,1-2H3/t11-,13+/m0/s1. The van der Waals surface area contributed by atoms with Gasteiger partial charge < -0.3 is 9.80 Å². The number of nitrogens with zero attached hydrogens (tertiary/aromatic N) is 5. The van der Waals surface area contributed by atoms with E-state index in [2.05, 4.69) is 22.0 Å². The highest BCUT2D eigenvalue weighted by Crippen LogP contribution is 2.31. The number of carbonyl (C=O) groups excluding carboxylic acids is 1. The summed E-state index contributed by atoms with van der Waals surface area (Å²) in [6.07, 6.45) is 4.59. The summed E-state index contributed by atoms with van der Waals surface area (Å²) in [6.45, 7) is 4.77. The zero-order chi connectivity index (χ0) is 14.6. The highest BCUT2D eigenvalue weighted by Gasteiger charge is 2.41. The maximum atomic E-state index is 12.8. The molecule has 2 aliphatic heterocycles. The molecule has 2 saturated heterocycles. The van der Waals surface area contributed by atoms with E-state index in [-0.39, 0.29) is 5.91 Å². The van der Waals surface area contributed by atoms with E-state index in [1.165, 1.54) is 6.42 Å². The smallest absolute Gasteiger partial charge is 0.257 e. The maximum Gasteiger partial charge on any atom is 0.257 e. The first-order valence-electron chi connectivity index (χ1n) is 7.44. The molecule has 0 aromatic carbocycles. The van der Waals surface area contributed by atoms with E-state index in [4.69, 9.17) is 0 Å². The van der Waals surface area contributed by atoms with Crippen LogP contribution in [0.1, 0.15) is 22.5 Å². The molecule has 0 radical (unpaired) electrons. The minimum Gasteiger partial charge on any atom is -0.337 e. The molecule has 21 heavy (non-hydrogen) atoms. The van der Waals surface area contributed by atoms with Crippen molar-refractivity contribution in [3.63, 3.8) is 0 Å². The van der Waals surface area contributed by atoms with Crippen molar-refractivity contribution in [2.45, 2.75) is 19.4 Å². The van der Waals surface area contributed by atoms with Crippen molar-refractivity contribution in [2.24, 2.45) is 5.92 Å². The second-order valence-electron chi connectivity index (χ2n) is 6.17. The predicted molar refractivity (Wildman–Crippen MR) is 78.2 cm³/mol. The summed E-state index contributed by atoms with van der Waals surface area (Å²) in [5.41, 5.74) is 2.30. The molecule has 6 nitrogen and oxygen atoms in total. The molecule has 110 valence electrons. The quantitative estimate of drug-likeness (QED) is 0.778. The molecule has 0 bridgehead atoms. The summed E-state index contributed by atoms with van der Waals surface area (Å²) >= 11 is 0. The molecule has 4 heterocycles. The third-order valence-electron chi connectivity index (χ3n) is 5.00. The number of hydrogen-bond acceptors (Lipinski definition) is 4. The van der Waals surface area contributed by atoms with Crippen molar-refractivity contribution in [1.29, 1.82) is 0 Å². The predicted octanol–water partition coefficient (Wildman–Crippen LogP) is 0.814. The van der Waals surface area contributed by atoms with Crippen LogP contribution >= 0.6 is 0 Å². The minimum atomic E-state index is 0.0835. The number of amides is 1. The monoisotopic (exact) mass is 285 g/mol. The van der Waals surface area contributed by atoms with Gasteiger partial charge in [-0.25, -0.2) is 9.50 Å².